The van der Waals surface area contributed by atoms with Crippen molar-refractivity contribution in [3.8, 4) is 5.75 Å². The van der Waals surface area contributed by atoms with Gasteiger partial charge in [-0.05, 0) is 56.5 Å². The third-order valence-corrected chi connectivity index (χ3v) is 5.66. The zero-order valence-corrected chi connectivity index (χ0v) is 16.5. The number of benzene rings is 2. The molecule has 0 radical (unpaired) electrons. The van der Waals surface area contributed by atoms with E-state index in [0.717, 1.165) is 52.4 Å². The maximum Gasteiger partial charge on any atom is 0.258 e. The number of hydrogen-bond donors (Lipinski definition) is 1. The smallest absolute Gasteiger partial charge is 0.258 e. The molecule has 5 rings (SSSR count). The van der Waals surface area contributed by atoms with Gasteiger partial charge in [-0.25, -0.2) is 0 Å². The Hall–Kier alpha value is -3.28. The summed E-state index contributed by atoms with van der Waals surface area (Å²) in [7, 11) is 0. The van der Waals surface area contributed by atoms with Crippen LogP contribution in [0.1, 0.15) is 51.9 Å². The van der Waals surface area contributed by atoms with E-state index < -0.39 is 0 Å². The van der Waals surface area contributed by atoms with Gasteiger partial charge in [0, 0.05) is 11.7 Å². The van der Waals surface area contributed by atoms with E-state index in [1.807, 2.05) is 67.3 Å². The van der Waals surface area contributed by atoms with E-state index in [1.165, 1.54) is 0 Å². The zero-order chi connectivity index (χ0) is 20.0. The number of ether oxygens (including phenoxy) is 1. The van der Waals surface area contributed by atoms with Crippen molar-refractivity contribution in [3.05, 3.63) is 76.7 Å². The Morgan fingerprint density at radius 2 is 1.90 bits per heavy atom. The van der Waals surface area contributed by atoms with Gasteiger partial charge in [0.2, 0.25) is 0 Å². The highest BCUT2D eigenvalue weighted by molar-refractivity contribution is 6.02. The van der Waals surface area contributed by atoms with Crippen LogP contribution in [0.5, 0.6) is 5.75 Å². The molecule has 1 amide bonds. The van der Waals surface area contributed by atoms with E-state index in [-0.39, 0.29) is 12.1 Å². The number of rotatable bonds is 5. The van der Waals surface area contributed by atoms with E-state index in [9.17, 15) is 4.79 Å². The highest BCUT2D eigenvalue weighted by atomic mass is 16.5. The van der Waals surface area contributed by atoms with Crippen molar-refractivity contribution in [1.29, 1.82) is 0 Å². The van der Waals surface area contributed by atoms with Gasteiger partial charge in [0.1, 0.15) is 24.3 Å². The third-order valence-electron chi connectivity index (χ3n) is 5.66. The van der Waals surface area contributed by atoms with E-state index in [0.29, 0.717) is 12.6 Å². The van der Waals surface area contributed by atoms with Gasteiger partial charge in [0.25, 0.3) is 5.91 Å². The summed E-state index contributed by atoms with van der Waals surface area (Å²) in [4.78, 5) is 15.1. The Labute approximate surface area is 169 Å². The van der Waals surface area contributed by atoms with Crippen LogP contribution in [0.25, 0.3) is 0 Å². The number of para-hydroxylation sites is 1. The van der Waals surface area contributed by atoms with Gasteiger partial charge >= 0.3 is 0 Å². The van der Waals surface area contributed by atoms with Gasteiger partial charge in [0.05, 0.1) is 16.8 Å². The van der Waals surface area contributed by atoms with E-state index >= 15 is 0 Å². The number of aryl methyl sites for hydroxylation is 2. The molecule has 29 heavy (non-hydrogen) atoms. The normalized spacial score (nSPS) is 18.3. The number of carbonyl (C=O) groups is 1. The van der Waals surface area contributed by atoms with Crippen LogP contribution in [-0.4, -0.2) is 22.0 Å². The lowest BCUT2D eigenvalue weighted by Gasteiger charge is -2.38. The monoisotopic (exact) mass is 389 g/mol. The first-order valence-corrected chi connectivity index (χ1v) is 9.94. The molecule has 1 N–H and O–H groups in total. The van der Waals surface area contributed by atoms with Gasteiger partial charge in [-0.2, -0.15) is 0 Å². The van der Waals surface area contributed by atoms with Gasteiger partial charge < -0.3 is 19.5 Å². The topological polar surface area (TPSA) is 67.6 Å². The number of amides is 1. The average Bonchev–Trinajstić information content (AvgIpc) is 3.52. The number of carbonyl (C=O) groups excluding carboxylic acids is 1. The van der Waals surface area contributed by atoms with Crippen LogP contribution in [-0.2, 0) is 6.61 Å². The first-order chi connectivity index (χ1) is 14.1. The minimum Gasteiger partial charge on any atom is -0.489 e. The molecule has 1 aromatic heterocycles. The molecule has 6 heteroatoms. The number of nitrogens with zero attached hydrogens (tertiary/aromatic N) is 2. The highest BCUT2D eigenvalue weighted by Gasteiger charge is 2.41. The fourth-order valence-corrected chi connectivity index (χ4v) is 3.85. The molecule has 0 unspecified atom stereocenters. The van der Waals surface area contributed by atoms with Gasteiger partial charge in [-0.15, -0.1) is 0 Å². The summed E-state index contributed by atoms with van der Waals surface area (Å²) in [5.41, 5.74) is 4.51. The molecule has 0 saturated heterocycles. The molecule has 3 aromatic rings. The lowest BCUT2D eigenvalue weighted by Crippen LogP contribution is -2.44. The van der Waals surface area contributed by atoms with E-state index in [2.05, 4.69) is 10.5 Å². The fourth-order valence-electron chi connectivity index (χ4n) is 3.85. The standard InChI is InChI=1S/C23H23N3O3/c1-14-20(15(2)29-25-14)13-28-18-11-7-16(8-12-18)22-24-21-6-4-3-5-19(21)23(27)26(22)17-9-10-17/h3-8,11-12,17,22,24H,9-10,13H2,1-2H3/t22-/m1/s1. The van der Waals surface area contributed by atoms with Crippen LogP contribution >= 0.6 is 0 Å². The lowest BCUT2D eigenvalue weighted by molar-refractivity contribution is 0.0666. The molecule has 0 spiro atoms. The van der Waals surface area contributed by atoms with Crippen LogP contribution in [0.15, 0.2) is 53.1 Å². The van der Waals surface area contributed by atoms with Crippen molar-refractivity contribution in [2.45, 2.75) is 45.5 Å². The van der Waals surface area contributed by atoms with Crippen LogP contribution in [0.3, 0.4) is 0 Å². The molecule has 0 bridgehead atoms. The zero-order valence-electron chi connectivity index (χ0n) is 16.5. The molecule has 2 aromatic carbocycles. The second kappa shape index (κ2) is 6.95. The Balaban J connectivity index is 1.37. The second-order valence-corrected chi connectivity index (χ2v) is 7.70. The Kier molecular flexibility index (Phi) is 4.27. The van der Waals surface area contributed by atoms with Crippen molar-refractivity contribution in [1.82, 2.24) is 10.1 Å². The summed E-state index contributed by atoms with van der Waals surface area (Å²) >= 11 is 0. The number of fused-ring (bicyclic) bond motifs is 1. The third kappa shape index (κ3) is 3.24. The maximum atomic E-state index is 13.1. The SMILES string of the molecule is Cc1noc(C)c1COc1ccc([C@@H]2Nc3ccccc3C(=O)N2C2CC2)cc1. The molecule has 1 saturated carbocycles. The quantitative estimate of drug-likeness (QED) is 0.691. The molecule has 2 heterocycles. The second-order valence-electron chi connectivity index (χ2n) is 7.70. The largest absolute Gasteiger partial charge is 0.489 e. The van der Waals surface area contributed by atoms with Crippen molar-refractivity contribution in [2.75, 3.05) is 5.32 Å². The van der Waals surface area contributed by atoms with Crippen molar-refractivity contribution in [3.63, 3.8) is 0 Å². The minimum absolute atomic E-state index is 0.102. The molecule has 1 aliphatic heterocycles. The summed E-state index contributed by atoms with van der Waals surface area (Å²) in [6.45, 7) is 4.22. The Morgan fingerprint density at radius 3 is 2.59 bits per heavy atom. The van der Waals surface area contributed by atoms with Gasteiger partial charge in [0.15, 0.2) is 0 Å². The van der Waals surface area contributed by atoms with Crippen LogP contribution in [0.2, 0.25) is 0 Å². The van der Waals surface area contributed by atoms with E-state index in [1.54, 1.807) is 0 Å². The molecule has 6 nitrogen and oxygen atoms in total. The molecular weight excluding hydrogens is 366 g/mol. The maximum absolute atomic E-state index is 13.1. The summed E-state index contributed by atoms with van der Waals surface area (Å²) in [6, 6.07) is 16.0. The number of nitrogens with one attached hydrogen (secondary N) is 1. The average molecular weight is 389 g/mol. The summed E-state index contributed by atoms with van der Waals surface area (Å²) < 4.78 is 11.1. The van der Waals surface area contributed by atoms with Crippen molar-refractivity contribution in [2.24, 2.45) is 0 Å². The van der Waals surface area contributed by atoms with Crippen LogP contribution < -0.4 is 10.1 Å². The molecule has 148 valence electrons. The lowest BCUT2D eigenvalue weighted by atomic mass is 10.0. The first-order valence-electron chi connectivity index (χ1n) is 9.94. The Morgan fingerprint density at radius 1 is 1.14 bits per heavy atom. The predicted octanol–water partition coefficient (Wildman–Crippen LogP) is 4.60. The van der Waals surface area contributed by atoms with Gasteiger partial charge in [-0.1, -0.05) is 29.4 Å². The number of hydrogen-bond acceptors (Lipinski definition) is 5. The first kappa shape index (κ1) is 17.8. The fraction of sp³-hybridized carbons (Fsp3) is 0.304. The summed E-state index contributed by atoms with van der Waals surface area (Å²) in [5.74, 6) is 1.66. The molecule has 1 fully saturated rings. The molecule has 2 aliphatic rings. The number of aromatic nitrogens is 1. The number of anilines is 1. The molecule has 1 atom stereocenters. The molecule has 1 aliphatic carbocycles. The predicted molar refractivity (Wildman–Crippen MR) is 109 cm³/mol. The van der Waals surface area contributed by atoms with Crippen LogP contribution in [0.4, 0.5) is 5.69 Å². The minimum atomic E-state index is -0.165. The molecular formula is C23H23N3O3. The van der Waals surface area contributed by atoms with Crippen LogP contribution in [0, 0.1) is 13.8 Å². The van der Waals surface area contributed by atoms with Gasteiger partial charge in [-0.3, -0.25) is 4.79 Å². The summed E-state index contributed by atoms with van der Waals surface area (Å²) in [5, 5.41) is 7.51. The highest BCUT2D eigenvalue weighted by Crippen LogP contribution is 2.40. The van der Waals surface area contributed by atoms with Crippen molar-refractivity contribution < 1.29 is 14.1 Å². The summed E-state index contributed by atoms with van der Waals surface area (Å²) in [6.07, 6.45) is 1.96. The van der Waals surface area contributed by atoms with E-state index in [4.69, 9.17) is 9.26 Å². The Bertz CT molecular complexity index is 1030. The van der Waals surface area contributed by atoms with Crippen molar-refractivity contribution >= 4 is 11.6 Å².